The van der Waals surface area contributed by atoms with Gasteiger partial charge in [0.25, 0.3) is 0 Å². The molecule has 1 aromatic carbocycles. The Balaban J connectivity index is 0.00000338. The van der Waals surface area contributed by atoms with Gasteiger partial charge in [-0.2, -0.15) is 11.8 Å². The standard InChI is InChI=1S/C18H27BrN4OS.HI/c1-3-20-18(22-12-15-5-4-10-25-15)21-9-8-17(24)23-16-7-6-14(19)11-13(16)2;/h6-7,11,15H,3-5,8-10,12H2,1-2H3,(H,23,24)(H2,20,21,22);1H. The second-order valence-corrected chi connectivity index (χ2v) is 8.36. The van der Waals surface area contributed by atoms with Crippen molar-refractivity contribution in [2.24, 2.45) is 4.99 Å². The summed E-state index contributed by atoms with van der Waals surface area (Å²) in [6.45, 7) is 6.24. The molecular formula is C18H28BrIN4OS. The number of anilines is 1. The lowest BCUT2D eigenvalue weighted by Gasteiger charge is -2.13. The lowest BCUT2D eigenvalue weighted by Crippen LogP contribution is -2.39. The largest absolute Gasteiger partial charge is 0.357 e. The van der Waals surface area contributed by atoms with Gasteiger partial charge in [0, 0.05) is 34.9 Å². The summed E-state index contributed by atoms with van der Waals surface area (Å²) in [4.78, 5) is 16.8. The Labute approximate surface area is 186 Å². The number of rotatable bonds is 7. The summed E-state index contributed by atoms with van der Waals surface area (Å²) in [5, 5.41) is 10.1. The molecule has 1 amide bonds. The van der Waals surface area contributed by atoms with Crippen LogP contribution in [0, 0.1) is 6.92 Å². The van der Waals surface area contributed by atoms with E-state index in [1.54, 1.807) is 0 Å². The van der Waals surface area contributed by atoms with Gasteiger partial charge >= 0.3 is 0 Å². The summed E-state index contributed by atoms with van der Waals surface area (Å²) in [7, 11) is 0. The molecule has 8 heteroatoms. The second-order valence-electron chi connectivity index (χ2n) is 6.04. The summed E-state index contributed by atoms with van der Waals surface area (Å²) < 4.78 is 1.01. The minimum Gasteiger partial charge on any atom is -0.357 e. The summed E-state index contributed by atoms with van der Waals surface area (Å²) in [6.07, 6.45) is 2.95. The van der Waals surface area contributed by atoms with Crippen LogP contribution >= 0.6 is 51.7 Å². The van der Waals surface area contributed by atoms with E-state index in [4.69, 9.17) is 0 Å². The molecule has 0 bridgehead atoms. The molecule has 1 atom stereocenters. The van der Waals surface area contributed by atoms with Gasteiger partial charge in [0.15, 0.2) is 5.96 Å². The quantitative estimate of drug-likeness (QED) is 0.269. The van der Waals surface area contributed by atoms with Gasteiger partial charge in [0.05, 0.1) is 6.54 Å². The van der Waals surface area contributed by atoms with E-state index in [2.05, 4.69) is 36.9 Å². The van der Waals surface area contributed by atoms with Crippen LogP contribution in [-0.4, -0.2) is 42.5 Å². The molecule has 146 valence electrons. The first-order valence-electron chi connectivity index (χ1n) is 8.78. The molecule has 0 radical (unpaired) electrons. The molecule has 1 saturated heterocycles. The lowest BCUT2D eigenvalue weighted by molar-refractivity contribution is -0.116. The molecule has 1 heterocycles. The number of amides is 1. The molecule has 1 aliphatic heterocycles. The molecule has 5 nitrogen and oxygen atoms in total. The van der Waals surface area contributed by atoms with Crippen molar-refractivity contribution in [2.75, 3.05) is 30.7 Å². The fraction of sp³-hybridized carbons (Fsp3) is 0.556. The normalized spacial score (nSPS) is 16.7. The van der Waals surface area contributed by atoms with E-state index in [0.29, 0.717) is 18.2 Å². The number of aliphatic imine (C=N–C) groups is 1. The van der Waals surface area contributed by atoms with Gasteiger partial charge in [-0.3, -0.25) is 9.79 Å². The first kappa shape index (κ1) is 23.6. The first-order chi connectivity index (χ1) is 12.1. The third kappa shape index (κ3) is 8.47. The SMILES string of the molecule is CCNC(=NCC1CCCS1)NCCC(=O)Nc1ccc(Br)cc1C.I. The molecule has 2 rings (SSSR count). The van der Waals surface area contributed by atoms with Crippen LogP contribution in [-0.2, 0) is 4.79 Å². The van der Waals surface area contributed by atoms with Gasteiger partial charge in [0.1, 0.15) is 0 Å². The third-order valence-electron chi connectivity index (χ3n) is 3.93. The molecule has 1 fully saturated rings. The van der Waals surface area contributed by atoms with Crippen LogP contribution in [0.25, 0.3) is 0 Å². The molecule has 1 aliphatic rings. The summed E-state index contributed by atoms with van der Waals surface area (Å²) in [5.41, 5.74) is 1.90. The van der Waals surface area contributed by atoms with Crippen LogP contribution in [0.3, 0.4) is 0 Å². The van der Waals surface area contributed by atoms with Gasteiger partial charge in [-0.1, -0.05) is 15.9 Å². The van der Waals surface area contributed by atoms with Crippen molar-refractivity contribution in [1.82, 2.24) is 10.6 Å². The van der Waals surface area contributed by atoms with Crippen molar-refractivity contribution in [3.05, 3.63) is 28.2 Å². The molecular weight excluding hydrogens is 527 g/mol. The maximum Gasteiger partial charge on any atom is 0.226 e. The summed E-state index contributed by atoms with van der Waals surface area (Å²) in [5.74, 6) is 2.04. The average Bonchev–Trinajstić information content (AvgIpc) is 3.09. The van der Waals surface area contributed by atoms with Crippen LogP contribution < -0.4 is 16.0 Å². The number of nitrogens with one attached hydrogen (secondary N) is 3. The van der Waals surface area contributed by atoms with Crippen LogP contribution in [0.1, 0.15) is 31.7 Å². The van der Waals surface area contributed by atoms with Crippen molar-refractivity contribution in [3.63, 3.8) is 0 Å². The van der Waals surface area contributed by atoms with E-state index in [9.17, 15) is 4.79 Å². The molecule has 3 N–H and O–H groups in total. The predicted octanol–water partition coefficient (Wildman–Crippen LogP) is 4.15. The summed E-state index contributed by atoms with van der Waals surface area (Å²) in [6, 6.07) is 5.83. The lowest BCUT2D eigenvalue weighted by atomic mass is 10.2. The highest BCUT2D eigenvalue weighted by Crippen LogP contribution is 2.26. The topological polar surface area (TPSA) is 65.5 Å². The highest BCUT2D eigenvalue weighted by Gasteiger charge is 2.15. The van der Waals surface area contributed by atoms with E-state index in [1.807, 2.05) is 43.8 Å². The number of thioether (sulfide) groups is 1. The number of carbonyl (C=O) groups excluding carboxylic acids is 1. The average molecular weight is 555 g/mol. The Kier molecular flexibility index (Phi) is 11.6. The fourth-order valence-corrected chi connectivity index (χ4v) is 4.25. The van der Waals surface area contributed by atoms with E-state index < -0.39 is 0 Å². The van der Waals surface area contributed by atoms with Crippen LogP contribution in [0.4, 0.5) is 5.69 Å². The zero-order valence-electron chi connectivity index (χ0n) is 15.3. The van der Waals surface area contributed by atoms with E-state index in [1.165, 1.54) is 18.6 Å². The molecule has 1 aromatic rings. The highest BCUT2D eigenvalue weighted by molar-refractivity contribution is 14.0. The predicted molar refractivity (Wildman–Crippen MR) is 127 cm³/mol. The highest BCUT2D eigenvalue weighted by atomic mass is 127. The van der Waals surface area contributed by atoms with Crippen LogP contribution in [0.2, 0.25) is 0 Å². The Morgan fingerprint density at radius 2 is 2.19 bits per heavy atom. The number of nitrogens with zero attached hydrogens (tertiary/aromatic N) is 1. The van der Waals surface area contributed by atoms with Gasteiger partial charge in [-0.15, -0.1) is 24.0 Å². The summed E-state index contributed by atoms with van der Waals surface area (Å²) >= 11 is 5.43. The number of hydrogen-bond acceptors (Lipinski definition) is 3. The molecule has 0 spiro atoms. The molecule has 1 unspecified atom stereocenters. The molecule has 0 saturated carbocycles. The van der Waals surface area contributed by atoms with Gasteiger partial charge in [-0.25, -0.2) is 0 Å². The number of benzene rings is 1. The van der Waals surface area contributed by atoms with Crippen molar-refractivity contribution in [1.29, 1.82) is 0 Å². The number of aryl methyl sites for hydroxylation is 1. The fourth-order valence-electron chi connectivity index (χ4n) is 2.60. The van der Waals surface area contributed by atoms with Crippen LogP contribution in [0.5, 0.6) is 0 Å². The maximum absolute atomic E-state index is 12.1. The van der Waals surface area contributed by atoms with Crippen molar-refractivity contribution in [3.8, 4) is 0 Å². The van der Waals surface area contributed by atoms with E-state index in [-0.39, 0.29) is 29.9 Å². The maximum atomic E-state index is 12.1. The Morgan fingerprint density at radius 3 is 2.85 bits per heavy atom. The zero-order chi connectivity index (χ0) is 18.1. The van der Waals surface area contributed by atoms with Gasteiger partial charge < -0.3 is 16.0 Å². The second kappa shape index (κ2) is 12.8. The Hall–Kier alpha value is -0.480. The van der Waals surface area contributed by atoms with Crippen molar-refractivity contribution < 1.29 is 4.79 Å². The van der Waals surface area contributed by atoms with Gasteiger partial charge in [0.2, 0.25) is 5.91 Å². The molecule has 0 aromatic heterocycles. The Bertz CT molecular complexity index is 609. The van der Waals surface area contributed by atoms with E-state index in [0.717, 1.165) is 34.8 Å². The number of hydrogen-bond donors (Lipinski definition) is 3. The third-order valence-corrected chi connectivity index (χ3v) is 5.80. The number of carbonyl (C=O) groups is 1. The number of guanidine groups is 1. The smallest absolute Gasteiger partial charge is 0.226 e. The zero-order valence-corrected chi connectivity index (χ0v) is 20.0. The Morgan fingerprint density at radius 1 is 1.38 bits per heavy atom. The number of halogens is 2. The van der Waals surface area contributed by atoms with Crippen molar-refractivity contribution >= 4 is 69.2 Å². The minimum absolute atomic E-state index is 0. The first-order valence-corrected chi connectivity index (χ1v) is 10.6. The minimum atomic E-state index is 0. The van der Waals surface area contributed by atoms with Crippen molar-refractivity contribution in [2.45, 2.75) is 38.4 Å². The monoisotopic (exact) mass is 554 g/mol. The van der Waals surface area contributed by atoms with E-state index >= 15 is 0 Å². The molecule has 0 aliphatic carbocycles. The van der Waals surface area contributed by atoms with Gasteiger partial charge in [-0.05, 0) is 56.2 Å². The molecule has 26 heavy (non-hydrogen) atoms. The van der Waals surface area contributed by atoms with Crippen LogP contribution in [0.15, 0.2) is 27.7 Å².